The Morgan fingerprint density at radius 2 is 1.55 bits per heavy atom. The highest BCUT2D eigenvalue weighted by Gasteiger charge is 2.56. The van der Waals surface area contributed by atoms with Crippen LogP contribution in [0, 0.1) is 24.7 Å². The molecule has 1 N–H and O–H groups in total. The van der Waals surface area contributed by atoms with Crippen LogP contribution in [0.25, 0.3) is 0 Å². The quantitative estimate of drug-likeness (QED) is 0.602. The van der Waals surface area contributed by atoms with Gasteiger partial charge in [0.25, 0.3) is 5.91 Å². The zero-order chi connectivity index (χ0) is 23.0. The summed E-state index contributed by atoms with van der Waals surface area (Å²) in [5.41, 5.74) is 1.92. The number of nitrogens with zero attached hydrogens (tertiary/aromatic N) is 2. The normalized spacial score (nSPS) is 23.5. The Morgan fingerprint density at radius 1 is 0.939 bits per heavy atom. The first-order chi connectivity index (χ1) is 16.0. The lowest BCUT2D eigenvalue weighted by Gasteiger charge is -2.33. The molecule has 3 unspecified atom stereocenters. The Morgan fingerprint density at radius 3 is 2.18 bits per heavy atom. The van der Waals surface area contributed by atoms with Gasteiger partial charge in [-0.05, 0) is 41.4 Å². The molecule has 1 amide bonds. The molecule has 2 aliphatic rings. The van der Waals surface area contributed by atoms with E-state index in [4.69, 9.17) is 0 Å². The van der Waals surface area contributed by atoms with E-state index in [1.807, 2.05) is 68.6 Å². The van der Waals surface area contributed by atoms with Crippen molar-refractivity contribution in [1.29, 1.82) is 0 Å². The van der Waals surface area contributed by atoms with Crippen molar-refractivity contribution in [2.24, 2.45) is 17.8 Å². The lowest BCUT2D eigenvalue weighted by atomic mass is 9.84. The predicted molar refractivity (Wildman–Crippen MR) is 130 cm³/mol. The molecule has 1 saturated carbocycles. The number of fused-ring (bicyclic) bond motifs is 1. The zero-order valence-corrected chi connectivity index (χ0v) is 19.4. The minimum absolute atomic E-state index is 0.259. The second kappa shape index (κ2) is 8.77. The second-order valence-electron chi connectivity index (χ2n) is 9.80. The Labute approximate surface area is 196 Å². The Hall–Kier alpha value is -2.95. The fourth-order valence-electron chi connectivity index (χ4n) is 5.62. The molecule has 1 aliphatic carbocycles. The fourth-order valence-corrected chi connectivity index (χ4v) is 5.62. The summed E-state index contributed by atoms with van der Waals surface area (Å²) >= 11 is 0. The molecule has 1 heterocycles. The van der Waals surface area contributed by atoms with Crippen molar-refractivity contribution < 1.29 is 9.90 Å². The van der Waals surface area contributed by atoms with Crippen LogP contribution in [0.5, 0.6) is 0 Å². The third-order valence-electron chi connectivity index (χ3n) is 7.46. The van der Waals surface area contributed by atoms with E-state index in [-0.39, 0.29) is 5.91 Å². The smallest absolute Gasteiger partial charge is 0.263 e. The number of aryl methyl sites for hydroxylation is 1. The number of carbonyl (C=O) groups is 1. The molecule has 0 bridgehead atoms. The number of likely N-dealkylation sites (tertiary alicyclic amines) is 1. The Balaban J connectivity index is 1.28. The standard InChI is InChI=1S/C29H32N2O2/c1-21-10-9-15-24(16-21)29(33,23-13-7-4-8-14-23)28(32)30(2)18-25-26-19-31(20-27(25)26)17-22-11-5-3-6-12-22/h3-16,25-27,33H,17-20H2,1-2H3. The third-order valence-corrected chi connectivity index (χ3v) is 7.46. The molecule has 3 atom stereocenters. The van der Waals surface area contributed by atoms with Gasteiger partial charge in [0.2, 0.25) is 0 Å². The largest absolute Gasteiger partial charge is 0.372 e. The van der Waals surface area contributed by atoms with E-state index < -0.39 is 5.60 Å². The summed E-state index contributed by atoms with van der Waals surface area (Å²) in [6.07, 6.45) is 0. The van der Waals surface area contributed by atoms with Gasteiger partial charge in [-0.1, -0.05) is 90.5 Å². The second-order valence-corrected chi connectivity index (χ2v) is 9.80. The molecule has 1 saturated heterocycles. The molecule has 170 valence electrons. The summed E-state index contributed by atoms with van der Waals surface area (Å²) in [6.45, 7) is 5.85. The first-order valence-electron chi connectivity index (χ1n) is 11.8. The summed E-state index contributed by atoms with van der Waals surface area (Å²) in [7, 11) is 1.84. The van der Waals surface area contributed by atoms with Crippen molar-refractivity contribution in [2.75, 3.05) is 26.7 Å². The van der Waals surface area contributed by atoms with E-state index in [1.54, 1.807) is 4.90 Å². The molecule has 4 heteroatoms. The van der Waals surface area contributed by atoms with Crippen molar-refractivity contribution in [3.05, 3.63) is 107 Å². The third kappa shape index (κ3) is 4.21. The predicted octanol–water partition coefficient (Wildman–Crippen LogP) is 4.07. The van der Waals surface area contributed by atoms with Crippen molar-refractivity contribution in [1.82, 2.24) is 9.80 Å². The van der Waals surface area contributed by atoms with Crippen molar-refractivity contribution >= 4 is 5.91 Å². The molecular formula is C29H32N2O2. The van der Waals surface area contributed by atoms with Gasteiger partial charge in [0.15, 0.2) is 5.60 Å². The molecule has 0 aromatic heterocycles. The number of likely N-dealkylation sites (N-methyl/N-ethyl adjacent to an activating group) is 1. The molecule has 1 aliphatic heterocycles. The minimum Gasteiger partial charge on any atom is -0.372 e. The van der Waals surface area contributed by atoms with Crippen LogP contribution in [-0.4, -0.2) is 47.5 Å². The van der Waals surface area contributed by atoms with Gasteiger partial charge < -0.3 is 10.0 Å². The highest BCUT2D eigenvalue weighted by atomic mass is 16.3. The van der Waals surface area contributed by atoms with Gasteiger partial charge in [0, 0.05) is 33.2 Å². The van der Waals surface area contributed by atoms with Crippen LogP contribution in [0.1, 0.15) is 22.3 Å². The van der Waals surface area contributed by atoms with Crippen LogP contribution in [0.3, 0.4) is 0 Å². The Kier molecular flexibility index (Phi) is 5.81. The van der Waals surface area contributed by atoms with Crippen LogP contribution in [0.2, 0.25) is 0 Å². The van der Waals surface area contributed by atoms with Crippen molar-refractivity contribution in [3.8, 4) is 0 Å². The van der Waals surface area contributed by atoms with Gasteiger partial charge >= 0.3 is 0 Å². The summed E-state index contributed by atoms with van der Waals surface area (Å²) in [5, 5.41) is 11.9. The van der Waals surface area contributed by atoms with Gasteiger partial charge in [-0.2, -0.15) is 0 Å². The molecule has 3 aromatic rings. The van der Waals surface area contributed by atoms with Crippen molar-refractivity contribution in [3.63, 3.8) is 0 Å². The average molecular weight is 441 g/mol. The van der Waals surface area contributed by atoms with Crippen LogP contribution in [-0.2, 0) is 16.9 Å². The maximum absolute atomic E-state index is 13.7. The lowest BCUT2D eigenvalue weighted by molar-refractivity contribution is -0.147. The molecule has 3 aromatic carbocycles. The van der Waals surface area contributed by atoms with E-state index in [1.165, 1.54) is 5.56 Å². The monoisotopic (exact) mass is 440 g/mol. The highest BCUT2D eigenvalue weighted by molar-refractivity contribution is 5.90. The number of amides is 1. The Bertz CT molecular complexity index is 1100. The average Bonchev–Trinajstić information content (AvgIpc) is 3.27. The van der Waals surface area contributed by atoms with E-state index >= 15 is 0 Å². The van der Waals surface area contributed by atoms with Gasteiger partial charge in [0.05, 0.1) is 0 Å². The number of aliphatic hydroxyl groups is 1. The molecule has 33 heavy (non-hydrogen) atoms. The van der Waals surface area contributed by atoms with E-state index in [0.29, 0.717) is 35.4 Å². The summed E-state index contributed by atoms with van der Waals surface area (Å²) in [6, 6.07) is 27.6. The maximum atomic E-state index is 13.7. The van der Waals surface area contributed by atoms with Gasteiger partial charge in [-0.3, -0.25) is 9.69 Å². The van der Waals surface area contributed by atoms with Gasteiger partial charge in [0.1, 0.15) is 0 Å². The van der Waals surface area contributed by atoms with Crippen LogP contribution in [0.15, 0.2) is 84.9 Å². The van der Waals surface area contributed by atoms with Gasteiger partial charge in [-0.25, -0.2) is 0 Å². The van der Waals surface area contributed by atoms with Crippen molar-refractivity contribution in [2.45, 2.75) is 19.1 Å². The number of carbonyl (C=O) groups excluding carboxylic acids is 1. The number of piperidine rings is 1. The molecule has 0 spiro atoms. The van der Waals surface area contributed by atoms with E-state index in [0.717, 1.165) is 25.2 Å². The first-order valence-corrected chi connectivity index (χ1v) is 11.8. The number of rotatable bonds is 7. The highest BCUT2D eigenvalue weighted by Crippen LogP contribution is 2.52. The first kappa shape index (κ1) is 21.9. The van der Waals surface area contributed by atoms with E-state index in [2.05, 4.69) is 35.2 Å². The molecular weight excluding hydrogens is 408 g/mol. The summed E-state index contributed by atoms with van der Waals surface area (Å²) < 4.78 is 0. The lowest BCUT2D eigenvalue weighted by Crippen LogP contribution is -2.47. The SMILES string of the molecule is Cc1cccc(C(O)(C(=O)N(C)CC2C3CN(Cc4ccccc4)CC32)c2ccccc2)c1. The summed E-state index contributed by atoms with van der Waals surface area (Å²) in [4.78, 5) is 18.0. The van der Waals surface area contributed by atoms with Crippen LogP contribution in [0.4, 0.5) is 0 Å². The summed E-state index contributed by atoms with van der Waals surface area (Å²) in [5.74, 6) is 1.55. The molecule has 0 radical (unpaired) electrons. The maximum Gasteiger partial charge on any atom is 0.263 e. The topological polar surface area (TPSA) is 43.8 Å². The number of hydrogen-bond donors (Lipinski definition) is 1. The molecule has 2 fully saturated rings. The molecule has 5 rings (SSSR count). The number of benzene rings is 3. The van der Waals surface area contributed by atoms with Gasteiger partial charge in [-0.15, -0.1) is 0 Å². The zero-order valence-electron chi connectivity index (χ0n) is 19.4. The molecule has 4 nitrogen and oxygen atoms in total. The van der Waals surface area contributed by atoms with Crippen LogP contribution < -0.4 is 0 Å². The fraction of sp³-hybridized carbons (Fsp3) is 0.345. The minimum atomic E-state index is -1.69. The van der Waals surface area contributed by atoms with Crippen LogP contribution >= 0.6 is 0 Å². The van der Waals surface area contributed by atoms with E-state index in [9.17, 15) is 9.90 Å². The number of hydrogen-bond acceptors (Lipinski definition) is 3.